The molecule has 24 heavy (non-hydrogen) atoms. The van der Waals surface area contributed by atoms with Gasteiger partial charge in [0.1, 0.15) is 0 Å². The van der Waals surface area contributed by atoms with Crippen molar-refractivity contribution in [3.63, 3.8) is 0 Å². The Hall–Kier alpha value is -1.10. The second-order valence-electron chi connectivity index (χ2n) is 6.96. The Morgan fingerprint density at radius 3 is 2.79 bits per heavy atom. The first-order valence-corrected chi connectivity index (χ1v) is 9.38. The van der Waals surface area contributed by atoms with Gasteiger partial charge in [-0.2, -0.15) is 0 Å². The summed E-state index contributed by atoms with van der Waals surface area (Å²) < 4.78 is 5.55. The fourth-order valence-corrected chi connectivity index (χ4v) is 3.94. The molecule has 0 bridgehead atoms. The molecule has 1 amide bonds. The Kier molecular flexibility index (Phi) is 6.14. The number of ether oxygens (including phenoxy) is 1. The van der Waals surface area contributed by atoms with E-state index in [1.54, 1.807) is 0 Å². The Balaban J connectivity index is 1.68. The number of nitrogens with zero attached hydrogens (tertiary/aromatic N) is 2. The highest BCUT2D eigenvalue weighted by Gasteiger charge is 2.28. The molecule has 5 heteroatoms. The lowest BCUT2D eigenvalue weighted by Gasteiger charge is -2.35. The van der Waals surface area contributed by atoms with Crippen molar-refractivity contribution in [3.05, 3.63) is 34.9 Å². The monoisotopic (exact) mass is 350 g/mol. The first-order chi connectivity index (χ1) is 11.6. The Bertz CT molecular complexity index is 560. The summed E-state index contributed by atoms with van der Waals surface area (Å²) in [5.74, 6) is 0.212. The zero-order valence-electron chi connectivity index (χ0n) is 14.4. The van der Waals surface area contributed by atoms with Gasteiger partial charge in [-0.25, -0.2) is 0 Å². The third-order valence-corrected chi connectivity index (χ3v) is 5.47. The van der Waals surface area contributed by atoms with Gasteiger partial charge < -0.3 is 9.64 Å². The SMILES string of the molecule is C[C@H]1CN(C(=O)CN(Cc2ccccc2Cl)C2CCCC2)CCO1. The van der Waals surface area contributed by atoms with Crippen molar-refractivity contribution in [2.45, 2.75) is 51.3 Å². The molecule has 1 heterocycles. The van der Waals surface area contributed by atoms with Crippen LogP contribution in [0.1, 0.15) is 38.2 Å². The van der Waals surface area contributed by atoms with Gasteiger partial charge in [-0.05, 0) is 31.4 Å². The topological polar surface area (TPSA) is 32.8 Å². The van der Waals surface area contributed by atoms with Crippen LogP contribution >= 0.6 is 11.6 Å². The highest BCUT2D eigenvalue weighted by molar-refractivity contribution is 6.31. The number of amides is 1. The molecule has 0 spiro atoms. The van der Waals surface area contributed by atoms with E-state index < -0.39 is 0 Å². The van der Waals surface area contributed by atoms with Crippen LogP contribution in [0.15, 0.2) is 24.3 Å². The zero-order chi connectivity index (χ0) is 16.9. The Labute approximate surface area is 149 Å². The fourth-order valence-electron chi connectivity index (χ4n) is 3.75. The van der Waals surface area contributed by atoms with E-state index in [2.05, 4.69) is 11.0 Å². The quantitative estimate of drug-likeness (QED) is 0.816. The highest BCUT2D eigenvalue weighted by atomic mass is 35.5. The van der Waals surface area contributed by atoms with E-state index in [0.29, 0.717) is 32.3 Å². The number of hydrogen-bond acceptors (Lipinski definition) is 3. The van der Waals surface area contributed by atoms with Crippen molar-refractivity contribution in [2.75, 3.05) is 26.2 Å². The molecule has 0 N–H and O–H groups in total. The molecule has 1 atom stereocenters. The Morgan fingerprint density at radius 2 is 2.08 bits per heavy atom. The van der Waals surface area contributed by atoms with E-state index in [9.17, 15) is 4.79 Å². The molecule has 0 unspecified atom stereocenters. The maximum atomic E-state index is 12.8. The minimum Gasteiger partial charge on any atom is -0.375 e. The largest absolute Gasteiger partial charge is 0.375 e. The third-order valence-electron chi connectivity index (χ3n) is 5.10. The number of halogens is 1. The summed E-state index contributed by atoms with van der Waals surface area (Å²) in [5, 5.41) is 0.785. The Morgan fingerprint density at radius 1 is 1.33 bits per heavy atom. The van der Waals surface area contributed by atoms with Crippen molar-refractivity contribution in [2.24, 2.45) is 0 Å². The van der Waals surface area contributed by atoms with Crippen LogP contribution in [-0.2, 0) is 16.1 Å². The summed E-state index contributed by atoms with van der Waals surface area (Å²) in [6, 6.07) is 8.44. The molecule has 4 nitrogen and oxygen atoms in total. The predicted molar refractivity (Wildman–Crippen MR) is 96.1 cm³/mol. The average molecular weight is 351 g/mol. The number of rotatable bonds is 5. The summed E-state index contributed by atoms with van der Waals surface area (Å²) >= 11 is 6.34. The molecule has 1 aromatic carbocycles. The van der Waals surface area contributed by atoms with Crippen LogP contribution in [0.25, 0.3) is 0 Å². The number of benzene rings is 1. The van der Waals surface area contributed by atoms with Crippen molar-refractivity contribution >= 4 is 17.5 Å². The van der Waals surface area contributed by atoms with Crippen molar-refractivity contribution in [1.82, 2.24) is 9.80 Å². The van der Waals surface area contributed by atoms with Gasteiger partial charge in [-0.15, -0.1) is 0 Å². The zero-order valence-corrected chi connectivity index (χ0v) is 15.2. The first-order valence-electron chi connectivity index (χ1n) is 9.00. The van der Waals surface area contributed by atoms with Crippen molar-refractivity contribution in [3.8, 4) is 0 Å². The molecule has 1 aromatic rings. The van der Waals surface area contributed by atoms with E-state index in [-0.39, 0.29) is 12.0 Å². The number of carbonyl (C=O) groups excluding carboxylic acids is 1. The van der Waals surface area contributed by atoms with Crippen LogP contribution in [-0.4, -0.2) is 54.1 Å². The maximum absolute atomic E-state index is 12.8. The fraction of sp³-hybridized carbons (Fsp3) is 0.632. The second kappa shape index (κ2) is 8.32. The number of hydrogen-bond donors (Lipinski definition) is 0. The van der Waals surface area contributed by atoms with Crippen LogP contribution in [0.3, 0.4) is 0 Å². The predicted octanol–water partition coefficient (Wildman–Crippen LogP) is 3.33. The van der Waals surface area contributed by atoms with E-state index in [1.807, 2.05) is 30.0 Å². The van der Waals surface area contributed by atoms with Gasteiger partial charge in [-0.1, -0.05) is 42.6 Å². The molecular weight excluding hydrogens is 324 g/mol. The molecule has 1 aliphatic heterocycles. The van der Waals surface area contributed by atoms with Crippen LogP contribution in [0, 0.1) is 0 Å². The summed E-state index contributed by atoms with van der Waals surface area (Å²) in [6.07, 6.45) is 5.00. The summed E-state index contributed by atoms with van der Waals surface area (Å²) in [4.78, 5) is 17.1. The van der Waals surface area contributed by atoms with Gasteiger partial charge in [0.05, 0.1) is 19.3 Å². The first kappa shape index (κ1) is 17.7. The van der Waals surface area contributed by atoms with E-state index in [1.165, 1.54) is 25.7 Å². The standard InChI is InChI=1S/C19H27ClN2O2/c1-15-12-21(10-11-24-15)19(23)14-22(17-7-3-4-8-17)13-16-6-2-5-9-18(16)20/h2,5-6,9,15,17H,3-4,7-8,10-14H2,1H3/t15-/m0/s1. The molecular formula is C19H27ClN2O2. The van der Waals surface area contributed by atoms with Gasteiger partial charge in [0, 0.05) is 30.7 Å². The maximum Gasteiger partial charge on any atom is 0.236 e. The van der Waals surface area contributed by atoms with Crippen LogP contribution in [0.2, 0.25) is 5.02 Å². The van der Waals surface area contributed by atoms with Crippen LogP contribution in [0.5, 0.6) is 0 Å². The molecule has 1 aliphatic carbocycles. The third kappa shape index (κ3) is 4.50. The number of carbonyl (C=O) groups is 1. The van der Waals surface area contributed by atoms with Gasteiger partial charge in [0.25, 0.3) is 0 Å². The van der Waals surface area contributed by atoms with Gasteiger partial charge in [0.15, 0.2) is 0 Å². The van der Waals surface area contributed by atoms with Gasteiger partial charge in [0.2, 0.25) is 5.91 Å². The van der Waals surface area contributed by atoms with Gasteiger partial charge in [-0.3, -0.25) is 9.69 Å². The van der Waals surface area contributed by atoms with Crippen LogP contribution in [0.4, 0.5) is 0 Å². The highest BCUT2D eigenvalue weighted by Crippen LogP contribution is 2.27. The lowest BCUT2D eigenvalue weighted by molar-refractivity contribution is -0.140. The smallest absolute Gasteiger partial charge is 0.236 e. The molecule has 1 saturated heterocycles. The minimum atomic E-state index is 0.131. The molecule has 0 aromatic heterocycles. The number of morpholine rings is 1. The summed E-state index contributed by atoms with van der Waals surface area (Å²) in [6.45, 7) is 5.29. The molecule has 132 valence electrons. The normalized spacial score (nSPS) is 22.3. The summed E-state index contributed by atoms with van der Waals surface area (Å²) in [5.41, 5.74) is 1.11. The lowest BCUT2D eigenvalue weighted by Crippen LogP contribution is -2.49. The van der Waals surface area contributed by atoms with E-state index in [0.717, 1.165) is 17.1 Å². The van der Waals surface area contributed by atoms with Crippen LogP contribution < -0.4 is 0 Å². The van der Waals surface area contributed by atoms with Gasteiger partial charge >= 0.3 is 0 Å². The molecule has 0 radical (unpaired) electrons. The van der Waals surface area contributed by atoms with Crippen molar-refractivity contribution in [1.29, 1.82) is 0 Å². The molecule has 2 aliphatic rings. The van der Waals surface area contributed by atoms with E-state index in [4.69, 9.17) is 16.3 Å². The van der Waals surface area contributed by atoms with E-state index >= 15 is 0 Å². The average Bonchev–Trinajstić information content (AvgIpc) is 3.10. The summed E-state index contributed by atoms with van der Waals surface area (Å²) in [7, 11) is 0. The molecule has 2 fully saturated rings. The van der Waals surface area contributed by atoms with Crippen molar-refractivity contribution < 1.29 is 9.53 Å². The molecule has 1 saturated carbocycles. The second-order valence-corrected chi connectivity index (χ2v) is 7.36. The minimum absolute atomic E-state index is 0.131. The lowest BCUT2D eigenvalue weighted by atomic mass is 10.1. The molecule has 3 rings (SSSR count).